The maximum atomic E-state index is 12.7. The lowest BCUT2D eigenvalue weighted by Gasteiger charge is -2.39. The molecular weight excluding hydrogens is 378 g/mol. The fourth-order valence-corrected chi connectivity index (χ4v) is 3.42. The molecule has 0 saturated carbocycles. The van der Waals surface area contributed by atoms with E-state index in [9.17, 15) is 19.8 Å². The van der Waals surface area contributed by atoms with E-state index in [1.807, 2.05) is 10.8 Å². The molecule has 1 aromatic rings. The zero-order valence-electron chi connectivity index (χ0n) is 17.9. The molecule has 2 N–H and O–H groups in total. The van der Waals surface area contributed by atoms with Crippen molar-refractivity contribution in [3.63, 3.8) is 0 Å². The first-order valence-electron chi connectivity index (χ1n) is 9.63. The lowest BCUT2D eigenvalue weighted by molar-refractivity contribution is -0.218. The number of nitrogens with zero attached hydrogens (tertiary/aromatic N) is 1. The molecule has 1 aromatic heterocycles. The van der Waals surface area contributed by atoms with Crippen molar-refractivity contribution in [1.82, 2.24) is 4.57 Å². The number of aryl methyl sites for hydroxylation is 1. The van der Waals surface area contributed by atoms with Crippen molar-refractivity contribution in [1.29, 1.82) is 0 Å². The summed E-state index contributed by atoms with van der Waals surface area (Å²) in [4.78, 5) is 24.8. The van der Waals surface area contributed by atoms with E-state index in [-0.39, 0.29) is 12.6 Å². The molecule has 0 aromatic carbocycles. The van der Waals surface area contributed by atoms with E-state index in [1.165, 1.54) is 27.9 Å². The lowest BCUT2D eigenvalue weighted by atomic mass is 9.81. The zero-order chi connectivity index (χ0) is 22.0. The minimum absolute atomic E-state index is 0.132. The van der Waals surface area contributed by atoms with Gasteiger partial charge in [0.1, 0.15) is 18.3 Å². The number of carbonyl (C=O) groups excluding carboxylic acids is 2. The van der Waals surface area contributed by atoms with Crippen LogP contribution in [0.3, 0.4) is 0 Å². The Hall–Kier alpha value is -2.16. The van der Waals surface area contributed by atoms with Crippen molar-refractivity contribution >= 4 is 11.9 Å². The Bertz CT molecular complexity index is 789. The summed E-state index contributed by atoms with van der Waals surface area (Å²) in [6.45, 7) is 8.13. The Morgan fingerprint density at radius 2 is 2.03 bits per heavy atom. The second-order valence-electron chi connectivity index (χ2n) is 7.85. The third kappa shape index (κ3) is 4.39. The van der Waals surface area contributed by atoms with Crippen LogP contribution in [0.2, 0.25) is 0 Å². The molecule has 3 atom stereocenters. The maximum absolute atomic E-state index is 12.7. The summed E-state index contributed by atoms with van der Waals surface area (Å²) in [6.07, 6.45) is 2.73. The van der Waals surface area contributed by atoms with E-state index >= 15 is 0 Å². The van der Waals surface area contributed by atoms with Gasteiger partial charge in [0.05, 0.1) is 11.8 Å². The maximum Gasteiger partial charge on any atom is 0.344 e. The van der Waals surface area contributed by atoms with Gasteiger partial charge in [-0.1, -0.05) is 6.08 Å². The molecule has 0 aliphatic carbocycles. The number of esters is 2. The molecule has 2 heterocycles. The second kappa shape index (κ2) is 8.69. The molecule has 8 heteroatoms. The number of fused-ring (bicyclic) bond motifs is 1. The largest absolute Gasteiger partial charge is 0.458 e. The van der Waals surface area contributed by atoms with Crippen LogP contribution in [0.1, 0.15) is 58.4 Å². The average molecular weight is 409 g/mol. The number of rotatable bonds is 8. The summed E-state index contributed by atoms with van der Waals surface area (Å²) in [5.74, 6) is -1.38. The predicted octanol–water partition coefficient (Wildman–Crippen LogP) is 2.02. The highest BCUT2D eigenvalue weighted by Gasteiger charge is 2.55. The van der Waals surface area contributed by atoms with Crippen molar-refractivity contribution in [2.75, 3.05) is 7.11 Å². The van der Waals surface area contributed by atoms with Crippen molar-refractivity contribution < 1.29 is 34.0 Å². The monoisotopic (exact) mass is 409 g/mol. The van der Waals surface area contributed by atoms with Crippen molar-refractivity contribution in [2.45, 2.75) is 77.6 Å². The van der Waals surface area contributed by atoms with Gasteiger partial charge >= 0.3 is 11.9 Å². The molecule has 0 saturated heterocycles. The molecule has 0 radical (unpaired) electrons. The molecule has 0 spiro atoms. The van der Waals surface area contributed by atoms with E-state index in [0.717, 1.165) is 5.69 Å². The van der Waals surface area contributed by atoms with Gasteiger partial charge in [0.15, 0.2) is 0 Å². The smallest absolute Gasteiger partial charge is 0.344 e. The van der Waals surface area contributed by atoms with Crippen LogP contribution < -0.4 is 0 Å². The van der Waals surface area contributed by atoms with Gasteiger partial charge in [0, 0.05) is 37.4 Å². The fourth-order valence-electron chi connectivity index (χ4n) is 3.42. The molecule has 0 fully saturated rings. The fraction of sp³-hybridized carbons (Fsp3) is 0.619. The minimum atomic E-state index is -2.25. The predicted molar refractivity (Wildman–Crippen MR) is 105 cm³/mol. The van der Waals surface area contributed by atoms with Gasteiger partial charge in [-0.05, 0) is 40.7 Å². The molecular formula is C21H31NO7. The Labute approximate surface area is 171 Å². The molecule has 162 valence electrons. The first-order valence-corrected chi connectivity index (χ1v) is 9.63. The van der Waals surface area contributed by atoms with E-state index in [1.54, 1.807) is 26.0 Å². The number of aromatic nitrogens is 1. The average Bonchev–Trinajstić information content (AvgIpc) is 3.26. The Morgan fingerprint density at radius 1 is 1.38 bits per heavy atom. The molecule has 0 amide bonds. The Morgan fingerprint density at radius 3 is 2.59 bits per heavy atom. The number of ether oxygens (including phenoxy) is 3. The van der Waals surface area contributed by atoms with Crippen LogP contribution in [0.25, 0.3) is 0 Å². The molecule has 2 rings (SSSR count). The van der Waals surface area contributed by atoms with Crippen LogP contribution in [0.4, 0.5) is 0 Å². The van der Waals surface area contributed by atoms with Gasteiger partial charge in [-0.2, -0.15) is 0 Å². The Kier molecular flexibility index (Phi) is 6.93. The second-order valence-corrected chi connectivity index (χ2v) is 7.85. The highest BCUT2D eigenvalue weighted by atomic mass is 16.6. The van der Waals surface area contributed by atoms with Crippen LogP contribution in [-0.4, -0.2) is 51.1 Å². The normalized spacial score (nSPS) is 20.0. The third-order valence-corrected chi connectivity index (χ3v) is 5.58. The van der Waals surface area contributed by atoms with Crippen molar-refractivity contribution in [2.24, 2.45) is 0 Å². The molecule has 1 aliphatic rings. The molecule has 29 heavy (non-hydrogen) atoms. The molecule has 1 aliphatic heterocycles. The van der Waals surface area contributed by atoms with Gasteiger partial charge in [0.2, 0.25) is 5.60 Å². The van der Waals surface area contributed by atoms with E-state index in [0.29, 0.717) is 24.1 Å². The molecule has 0 unspecified atom stereocenters. The quantitative estimate of drug-likeness (QED) is 0.500. The van der Waals surface area contributed by atoms with Gasteiger partial charge < -0.3 is 29.0 Å². The Balaban J connectivity index is 2.17. The molecule has 0 bridgehead atoms. The highest BCUT2D eigenvalue weighted by Crippen LogP contribution is 2.35. The van der Waals surface area contributed by atoms with E-state index in [4.69, 9.17) is 14.2 Å². The topological polar surface area (TPSA) is 107 Å². The number of carbonyl (C=O) groups is 2. The van der Waals surface area contributed by atoms with Crippen LogP contribution >= 0.6 is 0 Å². The number of allylic oxidation sites excluding steroid dienone is 1. The van der Waals surface area contributed by atoms with Crippen LogP contribution in [-0.2, 0) is 37.0 Å². The van der Waals surface area contributed by atoms with Crippen LogP contribution in [0.5, 0.6) is 0 Å². The number of aliphatic hydroxyl groups is 2. The summed E-state index contributed by atoms with van der Waals surface area (Å²) in [6, 6.07) is 1.79. The number of hydrogen-bond acceptors (Lipinski definition) is 7. The first-order chi connectivity index (χ1) is 13.5. The first kappa shape index (κ1) is 23.1. The van der Waals surface area contributed by atoms with Gasteiger partial charge in [0.25, 0.3) is 0 Å². The summed E-state index contributed by atoms with van der Waals surface area (Å²) in [5.41, 5.74) is -2.08. The summed E-state index contributed by atoms with van der Waals surface area (Å²) >= 11 is 0. The standard InChI is InChI=1S/C21H31NO7/c1-7-13(2)18(23)29-16-9-11-22-10-8-15(17(16)22)12-28-19(24)21(26,14(3)27-6)20(4,5)25/h7-8,10,14,16,25-26H,9,11-12H2,1-6H3/b13-7-/t14-,16-,21-/m0/s1. The van der Waals surface area contributed by atoms with E-state index in [2.05, 4.69) is 0 Å². The van der Waals surface area contributed by atoms with Crippen molar-refractivity contribution in [3.8, 4) is 0 Å². The molecule has 8 nitrogen and oxygen atoms in total. The zero-order valence-corrected chi connectivity index (χ0v) is 17.9. The number of methoxy groups -OCH3 is 1. The van der Waals surface area contributed by atoms with E-state index < -0.39 is 29.4 Å². The SMILES string of the molecule is C/C=C(/C)C(=O)O[C@H]1CCn2ccc(COC(=O)[C@@](O)([C@H](C)OC)C(C)(C)O)c21. The highest BCUT2D eigenvalue weighted by molar-refractivity contribution is 5.87. The minimum Gasteiger partial charge on any atom is -0.458 e. The van der Waals surface area contributed by atoms with Crippen molar-refractivity contribution in [3.05, 3.63) is 35.2 Å². The summed E-state index contributed by atoms with van der Waals surface area (Å²) in [7, 11) is 1.33. The van der Waals surface area contributed by atoms with Gasteiger partial charge in [-0.3, -0.25) is 0 Å². The van der Waals surface area contributed by atoms with Crippen LogP contribution in [0.15, 0.2) is 23.9 Å². The summed E-state index contributed by atoms with van der Waals surface area (Å²) in [5, 5.41) is 21.2. The third-order valence-electron chi connectivity index (χ3n) is 5.58. The lowest BCUT2D eigenvalue weighted by Crippen LogP contribution is -2.63. The summed E-state index contributed by atoms with van der Waals surface area (Å²) < 4.78 is 18.0. The number of hydrogen-bond donors (Lipinski definition) is 2. The van der Waals surface area contributed by atoms with Gasteiger partial charge in [-0.15, -0.1) is 0 Å². The van der Waals surface area contributed by atoms with Crippen LogP contribution in [0, 0.1) is 0 Å². The van der Waals surface area contributed by atoms with Gasteiger partial charge in [-0.25, -0.2) is 9.59 Å².